The van der Waals surface area contributed by atoms with Gasteiger partial charge in [0.25, 0.3) is 0 Å². The van der Waals surface area contributed by atoms with E-state index in [0.717, 1.165) is 5.56 Å². The zero-order valence-corrected chi connectivity index (χ0v) is 21.2. The quantitative estimate of drug-likeness (QED) is 0.595. The average molecular weight is 502 g/mol. The van der Waals surface area contributed by atoms with Gasteiger partial charge in [0.1, 0.15) is 23.4 Å². The molecule has 1 aromatic carbocycles. The summed E-state index contributed by atoms with van der Waals surface area (Å²) >= 11 is 0. The smallest absolute Gasteiger partial charge is 0.248 e. The zero-order valence-electron chi connectivity index (χ0n) is 20.3. The van der Waals surface area contributed by atoms with Gasteiger partial charge in [0.15, 0.2) is 0 Å². The van der Waals surface area contributed by atoms with Crippen LogP contribution in [-0.4, -0.2) is 86.2 Å². The van der Waals surface area contributed by atoms with Gasteiger partial charge in [-0.25, -0.2) is 8.42 Å². The molecule has 1 aliphatic heterocycles. The lowest BCUT2D eigenvalue weighted by atomic mass is 10.0. The van der Waals surface area contributed by atoms with Crippen molar-refractivity contribution in [3.63, 3.8) is 0 Å². The third kappa shape index (κ3) is 6.38. The highest BCUT2D eigenvalue weighted by atomic mass is 32.2. The molecule has 1 amide bonds. The van der Waals surface area contributed by atoms with E-state index < -0.39 is 22.2 Å². The third-order valence-electron chi connectivity index (χ3n) is 5.83. The van der Waals surface area contributed by atoms with E-state index in [1.54, 1.807) is 44.6 Å². The van der Waals surface area contributed by atoms with Crippen LogP contribution in [0.1, 0.15) is 25.0 Å². The van der Waals surface area contributed by atoms with Crippen molar-refractivity contribution < 1.29 is 27.8 Å². The van der Waals surface area contributed by atoms with E-state index >= 15 is 0 Å². The minimum absolute atomic E-state index is 0.00695. The highest BCUT2D eigenvalue weighted by Gasteiger charge is 2.38. The van der Waals surface area contributed by atoms with E-state index in [1.807, 2.05) is 13.0 Å². The van der Waals surface area contributed by atoms with Gasteiger partial charge in [-0.05, 0) is 37.3 Å². The van der Waals surface area contributed by atoms with E-state index in [0.29, 0.717) is 5.56 Å². The molecule has 0 spiro atoms. The Labute approximate surface area is 206 Å². The number of benzene rings is 1. The lowest BCUT2D eigenvalue weighted by molar-refractivity contribution is -0.135. The molecule has 0 saturated carbocycles. The third-order valence-corrected chi connectivity index (χ3v) is 7.85. The number of fused-ring (bicyclic) bond motifs is 1. The molecular weight excluding hydrogens is 470 g/mol. The van der Waals surface area contributed by atoms with Crippen LogP contribution >= 0.6 is 0 Å². The summed E-state index contributed by atoms with van der Waals surface area (Å²) in [7, 11) is -0.859. The molecule has 1 aromatic heterocycles. The number of aliphatic hydroxyl groups excluding tert-OH is 1. The van der Waals surface area contributed by atoms with Crippen molar-refractivity contribution in [2.75, 3.05) is 40.5 Å². The van der Waals surface area contributed by atoms with Gasteiger partial charge in [-0.2, -0.15) is 4.31 Å². The maximum atomic E-state index is 13.5. The number of carbonyl (C=O) groups is 1. The second kappa shape index (κ2) is 11.6. The van der Waals surface area contributed by atoms with Gasteiger partial charge in [-0.1, -0.05) is 18.8 Å². The lowest BCUT2D eigenvalue weighted by Crippen LogP contribution is -2.50. The number of aliphatic hydroxyl groups is 1. The monoisotopic (exact) mass is 501 g/mol. The fraction of sp³-hybridized carbons (Fsp3) is 0.440. The minimum atomic E-state index is -3.96. The molecule has 188 valence electrons. The fourth-order valence-corrected chi connectivity index (χ4v) is 5.53. The molecule has 0 fully saturated rings. The van der Waals surface area contributed by atoms with Crippen LogP contribution in [0, 0.1) is 17.8 Å². The number of hydrogen-bond acceptors (Lipinski definition) is 7. The van der Waals surface area contributed by atoms with Crippen LogP contribution in [0.15, 0.2) is 47.6 Å². The number of methoxy groups -OCH3 is 1. The molecule has 1 aliphatic rings. The first kappa shape index (κ1) is 26.6. The Hall–Kier alpha value is -2.97. The second-order valence-electron chi connectivity index (χ2n) is 8.60. The number of rotatable bonds is 6. The van der Waals surface area contributed by atoms with Crippen molar-refractivity contribution in [2.45, 2.75) is 30.9 Å². The molecule has 3 rings (SSSR count). The predicted octanol–water partition coefficient (Wildman–Crippen LogP) is 1.35. The number of nitrogens with zero attached hydrogens (tertiary/aromatic N) is 3. The average Bonchev–Trinajstić information content (AvgIpc) is 2.85. The van der Waals surface area contributed by atoms with Gasteiger partial charge in [-0.15, -0.1) is 0 Å². The Kier molecular flexibility index (Phi) is 8.86. The summed E-state index contributed by atoms with van der Waals surface area (Å²) in [6.45, 7) is 3.49. The van der Waals surface area contributed by atoms with Crippen LogP contribution in [0.4, 0.5) is 0 Å². The summed E-state index contributed by atoms with van der Waals surface area (Å²) in [6.07, 6.45) is 2.79. The molecule has 0 bridgehead atoms. The van der Waals surface area contributed by atoms with Gasteiger partial charge in [-0.3, -0.25) is 9.78 Å². The van der Waals surface area contributed by atoms with E-state index in [-0.39, 0.29) is 48.8 Å². The Morgan fingerprint density at radius 3 is 2.74 bits per heavy atom. The summed E-state index contributed by atoms with van der Waals surface area (Å²) < 4.78 is 39.6. The van der Waals surface area contributed by atoms with Crippen molar-refractivity contribution in [3.8, 4) is 17.6 Å². The van der Waals surface area contributed by atoms with Crippen LogP contribution in [0.25, 0.3) is 0 Å². The first-order valence-electron chi connectivity index (χ1n) is 11.3. The number of ether oxygens (including phenoxy) is 2. The fourth-order valence-electron chi connectivity index (χ4n) is 3.71. The molecule has 9 nitrogen and oxygen atoms in total. The van der Waals surface area contributed by atoms with Crippen molar-refractivity contribution >= 4 is 15.9 Å². The Morgan fingerprint density at radius 2 is 2.09 bits per heavy atom. The highest BCUT2D eigenvalue weighted by Crippen LogP contribution is 2.34. The number of carbonyl (C=O) groups excluding carboxylic acids is 1. The lowest BCUT2D eigenvalue weighted by Gasteiger charge is -2.37. The number of likely N-dealkylation sites (N-methyl/N-ethyl adjacent to an activating group) is 1. The molecule has 0 aliphatic carbocycles. The number of sulfonamides is 1. The first-order valence-corrected chi connectivity index (χ1v) is 12.7. The molecule has 3 atom stereocenters. The van der Waals surface area contributed by atoms with Crippen molar-refractivity contribution in [1.82, 2.24) is 14.2 Å². The van der Waals surface area contributed by atoms with Gasteiger partial charge in [0.2, 0.25) is 15.9 Å². The standard InChI is InChI=1S/C25H31N3O6S/c1-18-14-28(19(2)16-29)35(31,32)24-10-9-20(7-8-21-6-5-11-26-13-21)12-22(24)34-23(18)15-27(3)25(30)17-33-4/h5-6,9-13,18-19,23,29H,14-17H2,1-4H3/t18-,19+,23+/m1/s1. The van der Waals surface area contributed by atoms with Gasteiger partial charge >= 0.3 is 0 Å². The first-order chi connectivity index (χ1) is 16.7. The van der Waals surface area contributed by atoms with Crippen LogP contribution in [0.3, 0.4) is 0 Å². The summed E-state index contributed by atoms with van der Waals surface area (Å²) in [5, 5.41) is 9.75. The van der Waals surface area contributed by atoms with Gasteiger partial charge in [0, 0.05) is 56.2 Å². The number of amides is 1. The van der Waals surface area contributed by atoms with Crippen LogP contribution in [0.2, 0.25) is 0 Å². The maximum Gasteiger partial charge on any atom is 0.248 e. The van der Waals surface area contributed by atoms with Crippen molar-refractivity contribution in [1.29, 1.82) is 0 Å². The van der Waals surface area contributed by atoms with Crippen molar-refractivity contribution in [2.24, 2.45) is 5.92 Å². The molecule has 35 heavy (non-hydrogen) atoms. The molecule has 0 radical (unpaired) electrons. The molecule has 0 unspecified atom stereocenters. The number of aromatic nitrogens is 1. The summed E-state index contributed by atoms with van der Waals surface area (Å²) in [5.74, 6) is 5.69. The van der Waals surface area contributed by atoms with E-state index in [9.17, 15) is 18.3 Å². The van der Waals surface area contributed by atoms with Crippen LogP contribution in [-0.2, 0) is 19.6 Å². The maximum absolute atomic E-state index is 13.5. The van der Waals surface area contributed by atoms with Crippen molar-refractivity contribution in [3.05, 3.63) is 53.9 Å². The second-order valence-corrected chi connectivity index (χ2v) is 10.5. The van der Waals surface area contributed by atoms with Gasteiger partial charge in [0.05, 0.1) is 13.2 Å². The molecule has 2 heterocycles. The summed E-state index contributed by atoms with van der Waals surface area (Å²) in [4.78, 5) is 17.8. The normalized spacial score (nSPS) is 20.3. The summed E-state index contributed by atoms with van der Waals surface area (Å²) in [6, 6.07) is 7.67. The van der Waals surface area contributed by atoms with Gasteiger partial charge < -0.3 is 19.5 Å². The molecule has 0 saturated heterocycles. The molecule has 10 heteroatoms. The topological polar surface area (TPSA) is 109 Å². The minimum Gasteiger partial charge on any atom is -0.487 e. The largest absolute Gasteiger partial charge is 0.487 e. The van der Waals surface area contributed by atoms with E-state index in [2.05, 4.69) is 16.8 Å². The zero-order chi connectivity index (χ0) is 25.6. The van der Waals surface area contributed by atoms with Crippen LogP contribution in [0.5, 0.6) is 5.75 Å². The number of pyridine rings is 1. The Balaban J connectivity index is 2.04. The predicted molar refractivity (Wildman–Crippen MR) is 130 cm³/mol. The Morgan fingerprint density at radius 1 is 1.34 bits per heavy atom. The van der Waals surface area contributed by atoms with E-state index in [1.165, 1.54) is 22.4 Å². The molecular formula is C25H31N3O6S. The summed E-state index contributed by atoms with van der Waals surface area (Å²) in [5.41, 5.74) is 1.29. The highest BCUT2D eigenvalue weighted by molar-refractivity contribution is 7.89. The molecule has 1 N–H and O–H groups in total. The SMILES string of the molecule is COCC(=O)N(C)C[C@@H]1Oc2cc(C#Cc3cccnc3)ccc2S(=O)(=O)N([C@@H](C)CO)C[C@H]1C. The Bertz CT molecular complexity index is 1190. The van der Waals surface area contributed by atoms with Crippen LogP contribution < -0.4 is 4.74 Å². The van der Waals surface area contributed by atoms with E-state index in [4.69, 9.17) is 9.47 Å². The molecule has 2 aromatic rings. The number of hydrogen-bond donors (Lipinski definition) is 1.